The highest BCUT2D eigenvalue weighted by atomic mass is 35.5. The Labute approximate surface area is 149 Å². The summed E-state index contributed by atoms with van der Waals surface area (Å²) < 4.78 is 1.99. The van der Waals surface area contributed by atoms with Gasteiger partial charge in [-0.05, 0) is 30.5 Å². The summed E-state index contributed by atoms with van der Waals surface area (Å²) in [6.45, 7) is 5.72. The molecule has 0 amide bonds. The monoisotopic (exact) mass is 347 g/mol. The third-order valence-electron chi connectivity index (χ3n) is 4.06. The molecule has 5 nitrogen and oxygen atoms in total. The lowest BCUT2D eigenvalue weighted by Crippen LogP contribution is -2.36. The van der Waals surface area contributed by atoms with E-state index in [0.29, 0.717) is 6.54 Å². The molecule has 0 saturated heterocycles. The second-order valence-corrected chi connectivity index (χ2v) is 6.04. The largest absolute Gasteiger partial charge is 0.352 e. The highest BCUT2D eigenvalue weighted by Crippen LogP contribution is 2.15. The van der Waals surface area contributed by atoms with Crippen molar-refractivity contribution in [2.75, 3.05) is 7.05 Å². The highest BCUT2D eigenvalue weighted by Gasteiger charge is 2.13. The molecule has 1 aromatic carbocycles. The molecule has 0 unspecified atom stereocenters. The molecule has 0 saturated carbocycles. The molecule has 0 bridgehead atoms. The van der Waals surface area contributed by atoms with Crippen LogP contribution in [0.25, 0.3) is 0 Å². The minimum atomic E-state index is 0.700. The number of halogens is 1. The lowest BCUT2D eigenvalue weighted by molar-refractivity contribution is 0.702. The van der Waals surface area contributed by atoms with Crippen LogP contribution in [0.3, 0.4) is 0 Å². The van der Waals surface area contributed by atoms with Crippen molar-refractivity contribution in [1.29, 1.82) is 0 Å². The van der Waals surface area contributed by atoms with Crippen LogP contribution in [0.2, 0.25) is 5.02 Å². The van der Waals surface area contributed by atoms with E-state index in [0.717, 1.165) is 41.6 Å². The van der Waals surface area contributed by atoms with Crippen molar-refractivity contribution in [2.45, 2.75) is 39.8 Å². The zero-order valence-corrected chi connectivity index (χ0v) is 15.6. The van der Waals surface area contributed by atoms with E-state index < -0.39 is 0 Å². The summed E-state index contributed by atoms with van der Waals surface area (Å²) >= 11 is 5.91. The van der Waals surface area contributed by atoms with Crippen LogP contribution in [-0.2, 0) is 33.0 Å². The van der Waals surface area contributed by atoms with Gasteiger partial charge >= 0.3 is 0 Å². The molecule has 1 heterocycles. The van der Waals surface area contributed by atoms with E-state index in [-0.39, 0.29) is 0 Å². The van der Waals surface area contributed by atoms with E-state index in [2.05, 4.69) is 34.6 Å². The Morgan fingerprint density at radius 3 is 2.38 bits per heavy atom. The van der Waals surface area contributed by atoms with Crippen molar-refractivity contribution in [3.8, 4) is 0 Å². The van der Waals surface area contributed by atoms with E-state index in [1.54, 1.807) is 7.05 Å². The Bertz CT molecular complexity index is 688. The second kappa shape index (κ2) is 8.73. The third kappa shape index (κ3) is 4.51. The number of hydrogen-bond donors (Lipinski definition) is 2. The molecule has 6 heteroatoms. The number of benzene rings is 1. The number of guanidine groups is 1. The standard InChI is InChI=1S/C18H26ClN5/c1-5-16-15(17(6-2)24(4)23-16)12-22-18(20-3)21-11-13-7-9-14(19)10-8-13/h7-10H,5-6,11-12H2,1-4H3,(H2,20,21,22). The molecule has 0 spiro atoms. The summed E-state index contributed by atoms with van der Waals surface area (Å²) in [6, 6.07) is 7.80. The highest BCUT2D eigenvalue weighted by molar-refractivity contribution is 6.30. The SMILES string of the molecule is CCc1nn(C)c(CC)c1CNC(=NC)NCc1ccc(Cl)cc1. The smallest absolute Gasteiger partial charge is 0.191 e. The molecule has 2 aromatic rings. The van der Waals surface area contributed by atoms with Gasteiger partial charge in [-0.2, -0.15) is 5.10 Å². The van der Waals surface area contributed by atoms with Gasteiger partial charge in [0.2, 0.25) is 0 Å². The van der Waals surface area contributed by atoms with Crippen LogP contribution in [0, 0.1) is 0 Å². The fourth-order valence-corrected chi connectivity index (χ4v) is 2.90. The number of nitrogens with one attached hydrogen (secondary N) is 2. The fourth-order valence-electron chi connectivity index (χ4n) is 2.77. The van der Waals surface area contributed by atoms with Crippen LogP contribution >= 0.6 is 11.6 Å². The molecule has 1 aromatic heterocycles. The summed E-state index contributed by atoms with van der Waals surface area (Å²) in [5.74, 6) is 0.776. The quantitative estimate of drug-likeness (QED) is 0.623. The van der Waals surface area contributed by atoms with E-state index in [4.69, 9.17) is 11.6 Å². The van der Waals surface area contributed by atoms with Gasteiger partial charge in [0.25, 0.3) is 0 Å². The Balaban J connectivity index is 1.98. The summed E-state index contributed by atoms with van der Waals surface area (Å²) in [5.41, 5.74) is 4.85. The van der Waals surface area contributed by atoms with E-state index in [9.17, 15) is 0 Å². The Kier molecular flexibility index (Phi) is 6.67. The Hall–Kier alpha value is -2.01. The van der Waals surface area contributed by atoms with Crippen LogP contribution < -0.4 is 10.6 Å². The second-order valence-electron chi connectivity index (χ2n) is 5.61. The van der Waals surface area contributed by atoms with Gasteiger partial charge in [0, 0.05) is 43.5 Å². The first kappa shape index (κ1) is 18.3. The van der Waals surface area contributed by atoms with Gasteiger partial charge in [-0.3, -0.25) is 9.67 Å². The first-order valence-electron chi connectivity index (χ1n) is 8.31. The molecule has 0 aliphatic rings. The number of aromatic nitrogens is 2. The number of aryl methyl sites for hydroxylation is 2. The van der Waals surface area contributed by atoms with Gasteiger partial charge in [0.05, 0.1) is 5.69 Å². The maximum Gasteiger partial charge on any atom is 0.191 e. The Morgan fingerprint density at radius 2 is 1.79 bits per heavy atom. The zero-order chi connectivity index (χ0) is 17.5. The summed E-state index contributed by atoms with van der Waals surface area (Å²) in [6.07, 6.45) is 1.90. The van der Waals surface area contributed by atoms with E-state index in [1.165, 1.54) is 11.3 Å². The van der Waals surface area contributed by atoms with Gasteiger partial charge in [-0.1, -0.05) is 37.6 Å². The third-order valence-corrected chi connectivity index (χ3v) is 4.31. The predicted molar refractivity (Wildman–Crippen MR) is 100 cm³/mol. The first-order chi connectivity index (χ1) is 11.6. The van der Waals surface area contributed by atoms with Crippen LogP contribution in [0.4, 0.5) is 0 Å². The van der Waals surface area contributed by atoms with Gasteiger partial charge < -0.3 is 10.6 Å². The van der Waals surface area contributed by atoms with Crippen molar-refractivity contribution < 1.29 is 0 Å². The minimum Gasteiger partial charge on any atom is -0.352 e. The summed E-state index contributed by atoms with van der Waals surface area (Å²) in [5, 5.41) is 12.1. The van der Waals surface area contributed by atoms with Crippen molar-refractivity contribution >= 4 is 17.6 Å². The maximum atomic E-state index is 5.91. The van der Waals surface area contributed by atoms with E-state index in [1.807, 2.05) is 36.0 Å². The molecule has 2 rings (SSSR count). The van der Waals surface area contributed by atoms with Crippen molar-refractivity contribution in [3.05, 3.63) is 51.8 Å². The zero-order valence-electron chi connectivity index (χ0n) is 14.9. The van der Waals surface area contributed by atoms with Gasteiger partial charge in [0.1, 0.15) is 0 Å². The fraction of sp³-hybridized carbons (Fsp3) is 0.444. The van der Waals surface area contributed by atoms with Crippen LogP contribution in [-0.4, -0.2) is 22.8 Å². The van der Waals surface area contributed by atoms with Gasteiger partial charge in [-0.15, -0.1) is 0 Å². The number of hydrogen-bond acceptors (Lipinski definition) is 2. The number of rotatable bonds is 6. The summed E-state index contributed by atoms with van der Waals surface area (Å²) in [7, 11) is 3.79. The van der Waals surface area contributed by atoms with E-state index >= 15 is 0 Å². The predicted octanol–water partition coefficient (Wildman–Crippen LogP) is 3.06. The number of nitrogens with zero attached hydrogens (tertiary/aromatic N) is 3. The van der Waals surface area contributed by atoms with Crippen LogP contribution in [0.5, 0.6) is 0 Å². The molecular weight excluding hydrogens is 322 g/mol. The Morgan fingerprint density at radius 1 is 1.12 bits per heavy atom. The molecule has 0 radical (unpaired) electrons. The molecule has 0 fully saturated rings. The molecule has 130 valence electrons. The lowest BCUT2D eigenvalue weighted by Gasteiger charge is -2.13. The topological polar surface area (TPSA) is 54.2 Å². The number of aliphatic imine (C=N–C) groups is 1. The normalized spacial score (nSPS) is 11.6. The molecule has 0 aliphatic carbocycles. The van der Waals surface area contributed by atoms with Crippen molar-refractivity contribution in [3.63, 3.8) is 0 Å². The van der Waals surface area contributed by atoms with Crippen LogP contribution in [0.15, 0.2) is 29.3 Å². The molecule has 0 aliphatic heterocycles. The molecule has 2 N–H and O–H groups in total. The van der Waals surface area contributed by atoms with Gasteiger partial charge in [-0.25, -0.2) is 0 Å². The lowest BCUT2D eigenvalue weighted by atomic mass is 10.1. The maximum absolute atomic E-state index is 5.91. The van der Waals surface area contributed by atoms with Crippen molar-refractivity contribution in [1.82, 2.24) is 20.4 Å². The average molecular weight is 348 g/mol. The molecule has 0 atom stereocenters. The average Bonchev–Trinajstić information content (AvgIpc) is 2.91. The molecular formula is C18H26ClN5. The summed E-state index contributed by atoms with van der Waals surface area (Å²) in [4.78, 5) is 4.29. The molecule has 24 heavy (non-hydrogen) atoms. The van der Waals surface area contributed by atoms with Crippen LogP contribution in [0.1, 0.15) is 36.4 Å². The van der Waals surface area contributed by atoms with Gasteiger partial charge in [0.15, 0.2) is 5.96 Å². The van der Waals surface area contributed by atoms with Crippen molar-refractivity contribution in [2.24, 2.45) is 12.0 Å². The minimum absolute atomic E-state index is 0.700. The first-order valence-corrected chi connectivity index (χ1v) is 8.69.